The number of carbonyl (C=O) groups is 2. The molecule has 0 saturated carbocycles. The minimum Gasteiger partial charge on any atom is -0.449 e. The van der Waals surface area contributed by atoms with E-state index < -0.39 is 28.0 Å². The summed E-state index contributed by atoms with van der Waals surface area (Å²) in [5.74, 6) is -1.12. The van der Waals surface area contributed by atoms with Gasteiger partial charge in [-0.1, -0.05) is 18.9 Å². The number of esters is 1. The van der Waals surface area contributed by atoms with Crippen molar-refractivity contribution in [2.75, 3.05) is 19.6 Å². The highest BCUT2D eigenvalue weighted by Crippen LogP contribution is 2.21. The molecule has 144 valence electrons. The summed E-state index contributed by atoms with van der Waals surface area (Å²) in [6, 6.07) is 5.78. The second-order valence-electron chi connectivity index (χ2n) is 6.29. The van der Waals surface area contributed by atoms with Crippen LogP contribution in [0, 0.1) is 0 Å². The number of likely N-dealkylation sites (N-methyl/N-ethyl adjacent to an activating group) is 1. The van der Waals surface area contributed by atoms with Crippen molar-refractivity contribution in [3.8, 4) is 0 Å². The Morgan fingerprint density at radius 1 is 1.19 bits per heavy atom. The van der Waals surface area contributed by atoms with Crippen LogP contribution in [0.2, 0.25) is 0 Å². The van der Waals surface area contributed by atoms with Gasteiger partial charge in [-0.25, -0.2) is 13.2 Å². The van der Waals surface area contributed by atoms with Gasteiger partial charge in [0.2, 0.25) is 10.0 Å². The van der Waals surface area contributed by atoms with Crippen molar-refractivity contribution < 1.29 is 22.7 Å². The van der Waals surface area contributed by atoms with Crippen LogP contribution in [0.1, 0.15) is 49.9 Å². The fourth-order valence-corrected chi connectivity index (χ4v) is 4.38. The lowest BCUT2D eigenvalue weighted by atomic mass is 10.2. The Bertz CT molecular complexity index is 740. The number of hydrogen-bond donors (Lipinski definition) is 1. The number of sulfonamides is 1. The molecule has 0 aliphatic carbocycles. The van der Waals surface area contributed by atoms with E-state index in [1.54, 1.807) is 6.92 Å². The van der Waals surface area contributed by atoms with Gasteiger partial charge < -0.3 is 10.1 Å². The summed E-state index contributed by atoms with van der Waals surface area (Å²) < 4.78 is 32.3. The minimum absolute atomic E-state index is 0.0690. The number of nitrogens with one attached hydrogen (secondary N) is 1. The number of hydrogen-bond acceptors (Lipinski definition) is 5. The van der Waals surface area contributed by atoms with Crippen LogP contribution < -0.4 is 5.32 Å². The van der Waals surface area contributed by atoms with Gasteiger partial charge in [-0.2, -0.15) is 4.31 Å². The van der Waals surface area contributed by atoms with E-state index in [-0.39, 0.29) is 10.5 Å². The highest BCUT2D eigenvalue weighted by molar-refractivity contribution is 7.89. The topological polar surface area (TPSA) is 92.8 Å². The zero-order valence-electron chi connectivity index (χ0n) is 15.2. The first-order chi connectivity index (χ1) is 12.4. The van der Waals surface area contributed by atoms with Crippen molar-refractivity contribution in [2.45, 2.75) is 50.5 Å². The second-order valence-corrected chi connectivity index (χ2v) is 8.23. The van der Waals surface area contributed by atoms with Gasteiger partial charge in [0.1, 0.15) is 0 Å². The molecular weight excluding hydrogens is 356 g/mol. The minimum atomic E-state index is -3.65. The van der Waals surface area contributed by atoms with Gasteiger partial charge in [0.25, 0.3) is 5.91 Å². The second kappa shape index (κ2) is 9.14. The molecule has 0 spiro atoms. The number of benzene rings is 1. The molecular formula is C18H26N2O5S. The summed E-state index contributed by atoms with van der Waals surface area (Å²) in [7, 11) is -3.65. The summed E-state index contributed by atoms with van der Waals surface area (Å²) in [5, 5.41) is 2.57. The molecule has 26 heavy (non-hydrogen) atoms. The van der Waals surface area contributed by atoms with Crippen molar-refractivity contribution in [3.05, 3.63) is 29.8 Å². The van der Waals surface area contributed by atoms with E-state index in [1.165, 1.54) is 35.5 Å². The monoisotopic (exact) mass is 382 g/mol. The Hall–Kier alpha value is -1.93. The van der Waals surface area contributed by atoms with Crippen LogP contribution in [0.25, 0.3) is 0 Å². The van der Waals surface area contributed by atoms with Crippen LogP contribution in [-0.2, 0) is 19.6 Å². The molecule has 1 aromatic rings. The van der Waals surface area contributed by atoms with E-state index in [4.69, 9.17) is 4.74 Å². The van der Waals surface area contributed by atoms with Gasteiger partial charge >= 0.3 is 5.97 Å². The van der Waals surface area contributed by atoms with Gasteiger partial charge in [-0.3, -0.25) is 4.79 Å². The van der Waals surface area contributed by atoms with E-state index in [9.17, 15) is 18.0 Å². The molecule has 8 heteroatoms. The average Bonchev–Trinajstić information content (AvgIpc) is 2.92. The SMILES string of the molecule is CCNC(=O)[C@H](C)OC(=O)c1cccc(S(=O)(=O)N2CCCCCC2)c1. The van der Waals surface area contributed by atoms with Crippen LogP contribution in [0.5, 0.6) is 0 Å². The lowest BCUT2D eigenvalue weighted by Crippen LogP contribution is -2.35. The van der Waals surface area contributed by atoms with Crippen LogP contribution in [-0.4, -0.2) is 50.3 Å². The first kappa shape index (κ1) is 20.4. The quantitative estimate of drug-likeness (QED) is 0.759. The Morgan fingerprint density at radius 2 is 1.85 bits per heavy atom. The fourth-order valence-electron chi connectivity index (χ4n) is 2.81. The van der Waals surface area contributed by atoms with Gasteiger partial charge in [-0.05, 0) is 44.9 Å². The Labute approximate surface area is 154 Å². The van der Waals surface area contributed by atoms with Crippen LogP contribution in [0.3, 0.4) is 0 Å². The number of amides is 1. The molecule has 0 radical (unpaired) electrons. The van der Waals surface area contributed by atoms with Gasteiger partial charge in [0, 0.05) is 19.6 Å². The first-order valence-electron chi connectivity index (χ1n) is 8.95. The molecule has 1 aliphatic rings. The first-order valence-corrected chi connectivity index (χ1v) is 10.4. The molecule has 1 heterocycles. The maximum Gasteiger partial charge on any atom is 0.338 e. The standard InChI is InChI=1S/C18H26N2O5S/c1-3-19-17(21)14(2)25-18(22)15-9-8-10-16(13-15)26(23,24)20-11-6-4-5-7-12-20/h8-10,13-14H,3-7,11-12H2,1-2H3,(H,19,21)/t14-/m0/s1. The van der Waals surface area contributed by atoms with Crippen LogP contribution >= 0.6 is 0 Å². The van der Waals surface area contributed by atoms with E-state index >= 15 is 0 Å². The third-order valence-corrected chi connectivity index (χ3v) is 6.17. The lowest BCUT2D eigenvalue weighted by molar-refractivity contribution is -0.128. The summed E-state index contributed by atoms with van der Waals surface area (Å²) in [6.45, 7) is 4.66. The lowest BCUT2D eigenvalue weighted by Gasteiger charge is -2.20. The molecule has 0 aromatic heterocycles. The predicted octanol–water partition coefficient (Wildman–Crippen LogP) is 1.93. The fraction of sp³-hybridized carbons (Fsp3) is 0.556. The van der Waals surface area contributed by atoms with E-state index in [1.807, 2.05) is 0 Å². The molecule has 1 saturated heterocycles. The molecule has 2 rings (SSSR count). The maximum atomic E-state index is 12.8. The Kier molecular flexibility index (Phi) is 7.16. The van der Waals surface area contributed by atoms with Crippen molar-refractivity contribution in [1.29, 1.82) is 0 Å². The third kappa shape index (κ3) is 5.04. The van der Waals surface area contributed by atoms with Crippen molar-refractivity contribution in [2.24, 2.45) is 0 Å². The highest BCUT2D eigenvalue weighted by Gasteiger charge is 2.26. The van der Waals surface area contributed by atoms with Gasteiger partial charge in [0.05, 0.1) is 10.5 Å². The summed E-state index contributed by atoms with van der Waals surface area (Å²) in [4.78, 5) is 24.0. The molecule has 0 bridgehead atoms. The summed E-state index contributed by atoms with van der Waals surface area (Å²) in [6.07, 6.45) is 2.77. The average molecular weight is 382 g/mol. The van der Waals surface area contributed by atoms with E-state index in [2.05, 4.69) is 5.32 Å². The van der Waals surface area contributed by atoms with Crippen molar-refractivity contribution in [1.82, 2.24) is 9.62 Å². The Balaban J connectivity index is 2.16. The molecule has 1 fully saturated rings. The molecule has 0 unspecified atom stereocenters. The smallest absolute Gasteiger partial charge is 0.338 e. The number of rotatable bonds is 6. The molecule has 1 amide bonds. The number of ether oxygens (including phenoxy) is 1. The summed E-state index contributed by atoms with van der Waals surface area (Å²) in [5.41, 5.74) is 0.108. The zero-order valence-corrected chi connectivity index (χ0v) is 16.0. The Morgan fingerprint density at radius 3 is 2.46 bits per heavy atom. The molecule has 1 atom stereocenters. The van der Waals surface area contributed by atoms with Crippen LogP contribution in [0.15, 0.2) is 29.2 Å². The maximum absolute atomic E-state index is 12.8. The third-order valence-electron chi connectivity index (χ3n) is 4.28. The zero-order chi connectivity index (χ0) is 19.2. The number of carbonyl (C=O) groups excluding carboxylic acids is 2. The molecule has 1 N–H and O–H groups in total. The molecule has 1 aromatic carbocycles. The predicted molar refractivity (Wildman–Crippen MR) is 97.2 cm³/mol. The van der Waals surface area contributed by atoms with Gasteiger partial charge in [0.15, 0.2) is 6.10 Å². The van der Waals surface area contributed by atoms with Crippen molar-refractivity contribution >= 4 is 21.9 Å². The van der Waals surface area contributed by atoms with Gasteiger partial charge in [-0.15, -0.1) is 0 Å². The van der Waals surface area contributed by atoms with E-state index in [0.29, 0.717) is 19.6 Å². The number of nitrogens with zero attached hydrogens (tertiary/aromatic N) is 1. The van der Waals surface area contributed by atoms with E-state index in [0.717, 1.165) is 25.7 Å². The molecule has 1 aliphatic heterocycles. The van der Waals surface area contributed by atoms with Crippen LogP contribution in [0.4, 0.5) is 0 Å². The molecule has 7 nitrogen and oxygen atoms in total. The van der Waals surface area contributed by atoms with Crippen molar-refractivity contribution in [3.63, 3.8) is 0 Å². The normalized spacial score (nSPS) is 17.2. The highest BCUT2D eigenvalue weighted by atomic mass is 32.2. The summed E-state index contributed by atoms with van der Waals surface area (Å²) >= 11 is 0. The largest absolute Gasteiger partial charge is 0.449 e.